The van der Waals surface area contributed by atoms with Gasteiger partial charge in [0, 0.05) is 17.4 Å². The molecule has 104 valence electrons. The molecule has 0 aromatic heterocycles. The van der Waals surface area contributed by atoms with Crippen LogP contribution in [0.3, 0.4) is 0 Å². The van der Waals surface area contributed by atoms with Crippen LogP contribution in [0.5, 0.6) is 0 Å². The van der Waals surface area contributed by atoms with Gasteiger partial charge in [-0.3, -0.25) is 4.79 Å². The number of halogens is 4. The van der Waals surface area contributed by atoms with Crippen molar-refractivity contribution < 1.29 is 18.0 Å². The molecule has 7 heteroatoms. The van der Waals surface area contributed by atoms with Gasteiger partial charge in [0.25, 0.3) is 0 Å². The average Bonchev–Trinajstić information content (AvgIpc) is 2.69. The van der Waals surface area contributed by atoms with Gasteiger partial charge in [-0.15, -0.1) is 0 Å². The zero-order valence-electron chi connectivity index (χ0n) is 9.75. The van der Waals surface area contributed by atoms with E-state index in [1.807, 2.05) is 0 Å². The fraction of sp³-hybridized carbons (Fsp3) is 0.417. The van der Waals surface area contributed by atoms with E-state index >= 15 is 0 Å². The molecule has 1 aliphatic rings. The molecule has 1 amide bonds. The summed E-state index contributed by atoms with van der Waals surface area (Å²) in [6, 6.07) is 3.83. The monoisotopic (exact) mass is 353 g/mol. The van der Waals surface area contributed by atoms with Gasteiger partial charge in [-0.05, 0) is 29.9 Å². The summed E-state index contributed by atoms with van der Waals surface area (Å²) in [5.41, 5.74) is -0.875. The molecule has 1 fully saturated rings. The third kappa shape index (κ3) is 3.08. The fourth-order valence-electron chi connectivity index (χ4n) is 2.11. The number of benzene rings is 1. The molecule has 19 heavy (non-hydrogen) atoms. The number of amides is 1. The van der Waals surface area contributed by atoms with Crippen molar-refractivity contribution in [3.63, 3.8) is 0 Å². The molecule has 1 aromatic rings. The number of rotatable bonds is 2. The minimum atomic E-state index is -4.49. The van der Waals surface area contributed by atoms with Crippen molar-refractivity contribution in [2.45, 2.75) is 12.6 Å². The molecule has 1 atom stereocenters. The second-order valence-corrected chi connectivity index (χ2v) is 5.70. The Hall–Kier alpha value is -0.690. The molecule has 1 unspecified atom stereocenters. The number of nitrogens with zero attached hydrogens (tertiary/aromatic N) is 1. The Labute approximate surface area is 122 Å². The van der Waals surface area contributed by atoms with Crippen LogP contribution in [-0.2, 0) is 11.0 Å². The Balaban J connectivity index is 2.43. The maximum atomic E-state index is 13.0. The molecule has 0 aliphatic carbocycles. The molecule has 1 heterocycles. The molecule has 0 N–H and O–H groups in total. The summed E-state index contributed by atoms with van der Waals surface area (Å²) in [4.78, 5) is 13.0. The summed E-state index contributed by atoms with van der Waals surface area (Å²) in [7, 11) is 0. The predicted molar refractivity (Wildman–Crippen MR) is 73.5 cm³/mol. The fourth-order valence-corrected chi connectivity index (χ4v) is 2.71. The average molecular weight is 354 g/mol. The van der Waals surface area contributed by atoms with Gasteiger partial charge in [-0.25, -0.2) is 0 Å². The Bertz CT molecular complexity index is 506. The molecule has 2 nitrogen and oxygen atoms in total. The van der Waals surface area contributed by atoms with Crippen LogP contribution >= 0.6 is 28.6 Å². The van der Waals surface area contributed by atoms with Crippen LogP contribution in [-0.4, -0.2) is 18.2 Å². The Morgan fingerprint density at radius 1 is 1.42 bits per heavy atom. The molecule has 1 aliphatic heterocycles. The van der Waals surface area contributed by atoms with E-state index in [1.54, 1.807) is 0 Å². The number of thiol groups is 1. The molecular formula is C12H11BrF3NOS. The van der Waals surface area contributed by atoms with E-state index in [0.29, 0.717) is 10.2 Å². The highest BCUT2D eigenvalue weighted by Crippen LogP contribution is 2.40. The molecule has 0 radical (unpaired) electrons. The second kappa shape index (κ2) is 5.36. The van der Waals surface area contributed by atoms with E-state index in [9.17, 15) is 18.0 Å². The standard InChI is InChI=1S/C12H11BrF3NOS/c13-8-1-2-10(9(4-8)12(14,15)16)17-5-7(6-19)3-11(17)18/h1-2,4,7,19H,3,5-6H2. The first kappa shape index (κ1) is 14.7. The second-order valence-electron chi connectivity index (χ2n) is 4.42. The lowest BCUT2D eigenvalue weighted by atomic mass is 10.1. The first-order chi connectivity index (χ1) is 8.82. The van der Waals surface area contributed by atoms with Gasteiger partial charge in [-0.1, -0.05) is 15.9 Å². The van der Waals surface area contributed by atoms with E-state index in [1.165, 1.54) is 17.0 Å². The van der Waals surface area contributed by atoms with Crippen molar-refractivity contribution in [1.82, 2.24) is 0 Å². The summed E-state index contributed by atoms with van der Waals surface area (Å²) in [6.07, 6.45) is -4.24. The summed E-state index contributed by atoms with van der Waals surface area (Å²) in [6.45, 7) is 0.285. The Morgan fingerprint density at radius 3 is 2.63 bits per heavy atom. The van der Waals surface area contributed by atoms with Gasteiger partial charge in [0.2, 0.25) is 5.91 Å². The molecule has 1 aromatic carbocycles. The van der Waals surface area contributed by atoms with Crippen LogP contribution in [0.1, 0.15) is 12.0 Å². The molecule has 1 saturated heterocycles. The normalized spacial score (nSPS) is 20.2. The number of anilines is 1. The van der Waals surface area contributed by atoms with Crippen LogP contribution in [0.25, 0.3) is 0 Å². The minimum Gasteiger partial charge on any atom is -0.311 e. The highest BCUT2D eigenvalue weighted by molar-refractivity contribution is 9.10. The van der Waals surface area contributed by atoms with Gasteiger partial charge < -0.3 is 4.90 Å². The first-order valence-electron chi connectivity index (χ1n) is 5.61. The van der Waals surface area contributed by atoms with Crippen LogP contribution < -0.4 is 4.90 Å². The van der Waals surface area contributed by atoms with Crippen molar-refractivity contribution in [2.24, 2.45) is 5.92 Å². The van der Waals surface area contributed by atoms with E-state index in [4.69, 9.17) is 0 Å². The predicted octanol–water partition coefficient (Wildman–Crippen LogP) is 3.75. The maximum absolute atomic E-state index is 13.0. The lowest BCUT2D eigenvalue weighted by molar-refractivity contribution is -0.137. The van der Waals surface area contributed by atoms with Crippen LogP contribution in [0.4, 0.5) is 18.9 Å². The van der Waals surface area contributed by atoms with E-state index in [0.717, 1.165) is 6.07 Å². The van der Waals surface area contributed by atoms with Crippen LogP contribution in [0, 0.1) is 5.92 Å². The van der Waals surface area contributed by atoms with E-state index in [-0.39, 0.29) is 30.5 Å². The largest absolute Gasteiger partial charge is 0.418 e. The van der Waals surface area contributed by atoms with Gasteiger partial charge in [0.05, 0.1) is 11.3 Å². The highest BCUT2D eigenvalue weighted by atomic mass is 79.9. The highest BCUT2D eigenvalue weighted by Gasteiger charge is 2.38. The molecule has 0 saturated carbocycles. The Kier molecular flexibility index (Phi) is 4.15. The zero-order chi connectivity index (χ0) is 14.2. The molecular weight excluding hydrogens is 343 g/mol. The lowest BCUT2D eigenvalue weighted by Crippen LogP contribution is -2.27. The van der Waals surface area contributed by atoms with Crippen LogP contribution in [0.15, 0.2) is 22.7 Å². The number of hydrogen-bond donors (Lipinski definition) is 1. The third-order valence-corrected chi connectivity index (χ3v) is 4.03. The summed E-state index contributed by atoms with van der Waals surface area (Å²) in [5.74, 6) is 0.201. The number of hydrogen-bond acceptors (Lipinski definition) is 2. The van der Waals surface area contributed by atoms with Crippen molar-refractivity contribution >= 4 is 40.2 Å². The van der Waals surface area contributed by atoms with Crippen molar-refractivity contribution in [3.05, 3.63) is 28.2 Å². The van der Waals surface area contributed by atoms with Crippen molar-refractivity contribution in [2.75, 3.05) is 17.2 Å². The van der Waals surface area contributed by atoms with Gasteiger partial charge in [0.15, 0.2) is 0 Å². The van der Waals surface area contributed by atoms with E-state index in [2.05, 4.69) is 28.6 Å². The molecule has 0 bridgehead atoms. The van der Waals surface area contributed by atoms with E-state index < -0.39 is 11.7 Å². The summed E-state index contributed by atoms with van der Waals surface area (Å²) < 4.78 is 39.4. The molecule has 2 rings (SSSR count). The van der Waals surface area contributed by atoms with Crippen LogP contribution in [0.2, 0.25) is 0 Å². The number of alkyl halides is 3. The van der Waals surface area contributed by atoms with Gasteiger partial charge in [0.1, 0.15) is 0 Å². The SMILES string of the molecule is O=C1CC(CS)CN1c1ccc(Br)cc1C(F)(F)F. The first-order valence-corrected chi connectivity index (χ1v) is 7.03. The maximum Gasteiger partial charge on any atom is 0.418 e. The third-order valence-electron chi connectivity index (χ3n) is 3.02. The zero-order valence-corrected chi connectivity index (χ0v) is 12.2. The van der Waals surface area contributed by atoms with Gasteiger partial charge in [-0.2, -0.15) is 25.8 Å². The number of carbonyl (C=O) groups excluding carboxylic acids is 1. The van der Waals surface area contributed by atoms with Crippen molar-refractivity contribution in [3.8, 4) is 0 Å². The van der Waals surface area contributed by atoms with Gasteiger partial charge >= 0.3 is 6.18 Å². The Morgan fingerprint density at radius 2 is 2.11 bits per heavy atom. The van der Waals surface area contributed by atoms with Crippen molar-refractivity contribution in [1.29, 1.82) is 0 Å². The smallest absolute Gasteiger partial charge is 0.311 e. The quantitative estimate of drug-likeness (QED) is 0.803. The summed E-state index contributed by atoms with van der Waals surface area (Å²) in [5, 5.41) is 0. The summed E-state index contributed by atoms with van der Waals surface area (Å²) >= 11 is 7.12. The minimum absolute atomic E-state index is 0.000522. The number of carbonyl (C=O) groups is 1. The lowest BCUT2D eigenvalue weighted by Gasteiger charge is -2.21. The molecule has 0 spiro atoms. The topological polar surface area (TPSA) is 20.3 Å².